The number of aryl methyl sites for hydroxylation is 1. The molecule has 0 aliphatic carbocycles. The molecule has 0 bridgehead atoms. The van der Waals surface area contributed by atoms with Crippen molar-refractivity contribution in [1.29, 1.82) is 0 Å². The van der Waals surface area contributed by atoms with Crippen LogP contribution in [0, 0.1) is 6.92 Å². The molecule has 16 heavy (non-hydrogen) atoms. The number of aromatic nitrogens is 2. The van der Waals surface area contributed by atoms with E-state index in [1.165, 1.54) is 17.3 Å². The van der Waals surface area contributed by atoms with E-state index in [1.54, 1.807) is 6.07 Å². The first kappa shape index (κ1) is 10.8. The summed E-state index contributed by atoms with van der Waals surface area (Å²) in [6.45, 7) is 2.05. The summed E-state index contributed by atoms with van der Waals surface area (Å²) in [6, 6.07) is 9.89. The Labute approximate surface area is 98.1 Å². The zero-order valence-electron chi connectivity index (χ0n) is 8.84. The van der Waals surface area contributed by atoms with E-state index in [0.717, 1.165) is 9.92 Å². The van der Waals surface area contributed by atoms with Gasteiger partial charge < -0.3 is 11.5 Å². The van der Waals surface area contributed by atoms with E-state index in [1.807, 2.05) is 12.1 Å². The fraction of sp³-hybridized carbons (Fsp3) is 0.0909. The molecule has 0 aliphatic heterocycles. The molecule has 82 valence electrons. The number of nitrogens with zero attached hydrogens (tertiary/aromatic N) is 2. The van der Waals surface area contributed by atoms with Crippen LogP contribution < -0.4 is 11.5 Å². The molecule has 4 N–H and O–H groups in total. The minimum atomic E-state index is 0.203. The highest BCUT2D eigenvalue weighted by Gasteiger charge is 2.02. The largest absolute Gasteiger partial charge is 0.383 e. The van der Waals surface area contributed by atoms with Crippen molar-refractivity contribution < 1.29 is 0 Å². The average molecular weight is 232 g/mol. The number of rotatable bonds is 2. The van der Waals surface area contributed by atoms with Crippen LogP contribution in [0.15, 0.2) is 40.3 Å². The Hall–Kier alpha value is -1.75. The van der Waals surface area contributed by atoms with E-state index in [9.17, 15) is 0 Å². The molecule has 0 spiro atoms. The van der Waals surface area contributed by atoms with Crippen LogP contribution >= 0.6 is 11.8 Å². The van der Waals surface area contributed by atoms with E-state index in [2.05, 4.69) is 29.0 Å². The molecule has 0 atom stereocenters. The summed E-state index contributed by atoms with van der Waals surface area (Å²) in [4.78, 5) is 9.02. The third-order valence-corrected chi connectivity index (χ3v) is 2.91. The number of nitrogen functional groups attached to an aromatic ring is 2. The van der Waals surface area contributed by atoms with Gasteiger partial charge in [0.1, 0.15) is 10.8 Å². The predicted octanol–water partition coefficient (Wildman–Crippen LogP) is 2.10. The van der Waals surface area contributed by atoms with Crippen molar-refractivity contribution in [2.24, 2.45) is 0 Å². The molecule has 0 radical (unpaired) electrons. The minimum Gasteiger partial charge on any atom is -0.383 e. The van der Waals surface area contributed by atoms with Crippen molar-refractivity contribution in [3.8, 4) is 0 Å². The third-order valence-electron chi connectivity index (χ3n) is 1.98. The summed E-state index contributed by atoms with van der Waals surface area (Å²) in [5.74, 6) is 0.594. The van der Waals surface area contributed by atoms with Gasteiger partial charge in [-0.25, -0.2) is 4.98 Å². The second-order valence-corrected chi connectivity index (χ2v) is 4.50. The Morgan fingerprint density at radius 1 is 1.06 bits per heavy atom. The first-order chi connectivity index (χ1) is 7.63. The Bertz CT molecular complexity index is 476. The van der Waals surface area contributed by atoms with Crippen molar-refractivity contribution in [3.63, 3.8) is 0 Å². The lowest BCUT2D eigenvalue weighted by Crippen LogP contribution is -1.99. The lowest BCUT2D eigenvalue weighted by atomic mass is 10.2. The molecule has 4 nitrogen and oxygen atoms in total. The predicted molar refractivity (Wildman–Crippen MR) is 66.2 cm³/mol. The molecule has 2 aromatic rings. The second kappa shape index (κ2) is 4.40. The summed E-state index contributed by atoms with van der Waals surface area (Å²) in [7, 11) is 0. The van der Waals surface area contributed by atoms with Crippen LogP contribution in [-0.2, 0) is 0 Å². The van der Waals surface area contributed by atoms with Gasteiger partial charge in [0.15, 0.2) is 0 Å². The molecule has 0 fully saturated rings. The molecule has 1 heterocycles. The molecule has 0 saturated heterocycles. The highest BCUT2D eigenvalue weighted by molar-refractivity contribution is 7.99. The van der Waals surface area contributed by atoms with E-state index < -0.39 is 0 Å². The van der Waals surface area contributed by atoms with E-state index in [-0.39, 0.29) is 5.95 Å². The highest BCUT2D eigenvalue weighted by Crippen LogP contribution is 2.27. The molecule has 0 aliphatic rings. The zero-order chi connectivity index (χ0) is 11.5. The Balaban J connectivity index is 2.23. The molecule has 1 aromatic carbocycles. The topological polar surface area (TPSA) is 77.8 Å². The van der Waals surface area contributed by atoms with Gasteiger partial charge in [-0.1, -0.05) is 29.5 Å². The Kier molecular flexibility index (Phi) is 2.96. The van der Waals surface area contributed by atoms with Gasteiger partial charge >= 0.3 is 0 Å². The number of benzene rings is 1. The zero-order valence-corrected chi connectivity index (χ0v) is 9.66. The summed E-state index contributed by atoms with van der Waals surface area (Å²) < 4.78 is 0. The smallest absolute Gasteiger partial charge is 0.223 e. The number of hydrogen-bond donors (Lipinski definition) is 2. The Morgan fingerprint density at radius 3 is 2.38 bits per heavy atom. The van der Waals surface area contributed by atoms with Gasteiger partial charge in [0, 0.05) is 11.0 Å². The highest BCUT2D eigenvalue weighted by atomic mass is 32.2. The quantitative estimate of drug-likeness (QED) is 0.775. The molecule has 0 unspecified atom stereocenters. The van der Waals surface area contributed by atoms with Crippen LogP contribution in [0.25, 0.3) is 0 Å². The maximum absolute atomic E-state index is 5.59. The van der Waals surface area contributed by atoms with Gasteiger partial charge in [-0.05, 0) is 19.1 Å². The normalized spacial score (nSPS) is 10.3. The SMILES string of the molecule is Cc1ccc(Sc2cc(N)nc(N)n2)cc1. The maximum Gasteiger partial charge on any atom is 0.223 e. The molecular weight excluding hydrogens is 220 g/mol. The molecular formula is C11H12N4S. The fourth-order valence-electron chi connectivity index (χ4n) is 1.24. The van der Waals surface area contributed by atoms with Gasteiger partial charge in [0.05, 0.1) is 0 Å². The molecule has 2 rings (SSSR count). The number of hydrogen-bond acceptors (Lipinski definition) is 5. The monoisotopic (exact) mass is 232 g/mol. The van der Waals surface area contributed by atoms with Crippen molar-refractivity contribution in [1.82, 2.24) is 9.97 Å². The summed E-state index contributed by atoms with van der Waals surface area (Å²) in [5.41, 5.74) is 12.3. The standard InChI is InChI=1S/C11H12N4S/c1-7-2-4-8(5-3-7)16-10-6-9(12)14-11(13)15-10/h2-6H,1H3,(H4,12,13,14,15). The second-order valence-electron chi connectivity index (χ2n) is 3.40. The average Bonchev–Trinajstić information content (AvgIpc) is 2.20. The number of anilines is 2. The number of nitrogens with two attached hydrogens (primary N) is 2. The van der Waals surface area contributed by atoms with Crippen LogP contribution in [0.3, 0.4) is 0 Å². The van der Waals surface area contributed by atoms with Crippen LogP contribution in [0.4, 0.5) is 11.8 Å². The van der Waals surface area contributed by atoms with Crippen molar-refractivity contribution in [3.05, 3.63) is 35.9 Å². The van der Waals surface area contributed by atoms with Crippen LogP contribution in [0.2, 0.25) is 0 Å². The molecule has 1 aromatic heterocycles. The molecule has 0 saturated carbocycles. The van der Waals surface area contributed by atoms with E-state index in [0.29, 0.717) is 5.82 Å². The van der Waals surface area contributed by atoms with Crippen LogP contribution in [0.1, 0.15) is 5.56 Å². The Morgan fingerprint density at radius 2 is 1.75 bits per heavy atom. The van der Waals surface area contributed by atoms with Crippen molar-refractivity contribution in [2.45, 2.75) is 16.8 Å². The molecule has 5 heteroatoms. The maximum atomic E-state index is 5.59. The van der Waals surface area contributed by atoms with Gasteiger partial charge in [-0.15, -0.1) is 0 Å². The van der Waals surface area contributed by atoms with Gasteiger partial charge in [0.25, 0.3) is 0 Å². The van der Waals surface area contributed by atoms with Crippen molar-refractivity contribution >= 4 is 23.5 Å². The van der Waals surface area contributed by atoms with Gasteiger partial charge in [-0.3, -0.25) is 0 Å². The van der Waals surface area contributed by atoms with Crippen LogP contribution in [0.5, 0.6) is 0 Å². The molecule has 0 amide bonds. The lowest BCUT2D eigenvalue weighted by Gasteiger charge is -2.03. The summed E-state index contributed by atoms with van der Waals surface area (Å²) in [5, 5.41) is 0.758. The van der Waals surface area contributed by atoms with Gasteiger partial charge in [-0.2, -0.15) is 4.98 Å². The fourth-order valence-corrected chi connectivity index (χ4v) is 2.07. The lowest BCUT2D eigenvalue weighted by molar-refractivity contribution is 1.07. The van der Waals surface area contributed by atoms with Crippen molar-refractivity contribution in [2.75, 3.05) is 11.5 Å². The van der Waals surface area contributed by atoms with Gasteiger partial charge in [0.2, 0.25) is 5.95 Å². The summed E-state index contributed by atoms with van der Waals surface area (Å²) in [6.07, 6.45) is 0. The third kappa shape index (κ3) is 2.64. The first-order valence-corrected chi connectivity index (χ1v) is 5.60. The van der Waals surface area contributed by atoms with E-state index >= 15 is 0 Å². The summed E-state index contributed by atoms with van der Waals surface area (Å²) >= 11 is 1.51. The van der Waals surface area contributed by atoms with Crippen LogP contribution in [-0.4, -0.2) is 9.97 Å². The first-order valence-electron chi connectivity index (χ1n) is 4.78. The minimum absolute atomic E-state index is 0.203. The van der Waals surface area contributed by atoms with E-state index in [4.69, 9.17) is 11.5 Å².